The van der Waals surface area contributed by atoms with Crippen molar-refractivity contribution >= 4 is 5.97 Å². The third-order valence-corrected chi connectivity index (χ3v) is 2.21. The maximum atomic E-state index is 10.6. The first-order valence-electron chi connectivity index (χ1n) is 4.89. The fourth-order valence-corrected chi connectivity index (χ4v) is 1.26. The van der Waals surface area contributed by atoms with E-state index in [-0.39, 0.29) is 18.4 Å². The monoisotopic (exact) mass is 233 g/mol. The van der Waals surface area contributed by atoms with Crippen LogP contribution in [0.15, 0.2) is 25.3 Å². The van der Waals surface area contributed by atoms with Gasteiger partial charge in [-0.05, 0) is 19.8 Å². The van der Waals surface area contributed by atoms with Crippen molar-refractivity contribution in [2.24, 2.45) is 5.92 Å². The fourth-order valence-electron chi connectivity index (χ4n) is 1.26. The Balaban J connectivity index is 0. The van der Waals surface area contributed by atoms with Crippen LogP contribution in [0.25, 0.3) is 0 Å². The molecule has 0 aromatic carbocycles. The molecule has 0 rings (SSSR count). The lowest BCUT2D eigenvalue weighted by molar-refractivity contribution is -0.680. The van der Waals surface area contributed by atoms with Crippen LogP contribution in [0.2, 0.25) is 0 Å². The number of allylic oxidation sites excluding steroid dienone is 2. The molecule has 1 atom stereocenters. The fraction of sp³-hybridized carbons (Fsp3) is 0.545. The molecule has 1 unspecified atom stereocenters. The van der Waals surface area contributed by atoms with Crippen molar-refractivity contribution in [3.8, 4) is 0 Å². The van der Waals surface area contributed by atoms with Gasteiger partial charge in [-0.1, -0.05) is 12.2 Å². The molecule has 3 N–H and O–H groups in total. The van der Waals surface area contributed by atoms with Crippen molar-refractivity contribution < 1.29 is 27.6 Å². The van der Waals surface area contributed by atoms with Gasteiger partial charge < -0.3 is 22.8 Å². The Kier molecular flexibility index (Phi) is 10.8. The van der Waals surface area contributed by atoms with Crippen LogP contribution < -0.4 is 17.7 Å². The normalized spacial score (nSPS) is 11.6. The number of aliphatic carboxylic acids is 1. The SMILES string of the molecule is C=CCC(CC=C)C[NH2+]C(C)C(=O)O.[Cl-]. The molecule has 0 aromatic rings. The smallest absolute Gasteiger partial charge is 0.362 e. The predicted molar refractivity (Wildman–Crippen MR) is 57.0 cm³/mol. The van der Waals surface area contributed by atoms with Gasteiger partial charge in [0.25, 0.3) is 0 Å². The second-order valence-electron chi connectivity index (χ2n) is 3.51. The summed E-state index contributed by atoms with van der Waals surface area (Å²) in [6.45, 7) is 9.87. The van der Waals surface area contributed by atoms with Gasteiger partial charge >= 0.3 is 5.97 Å². The molecule has 0 saturated heterocycles. The summed E-state index contributed by atoms with van der Waals surface area (Å²) >= 11 is 0. The molecule has 3 nitrogen and oxygen atoms in total. The van der Waals surface area contributed by atoms with Crippen LogP contribution in [-0.2, 0) is 4.79 Å². The second-order valence-corrected chi connectivity index (χ2v) is 3.51. The third kappa shape index (κ3) is 8.21. The number of quaternary nitrogens is 1. The van der Waals surface area contributed by atoms with Gasteiger partial charge in [-0.25, -0.2) is 4.79 Å². The lowest BCUT2D eigenvalue weighted by Crippen LogP contribution is -3.00. The van der Waals surface area contributed by atoms with Crippen LogP contribution in [0.4, 0.5) is 0 Å². The van der Waals surface area contributed by atoms with E-state index in [1.807, 2.05) is 17.5 Å². The molecule has 0 bridgehead atoms. The van der Waals surface area contributed by atoms with Crippen molar-refractivity contribution in [2.45, 2.75) is 25.8 Å². The molecule has 15 heavy (non-hydrogen) atoms. The van der Waals surface area contributed by atoms with Gasteiger partial charge in [-0.3, -0.25) is 0 Å². The number of carbonyl (C=O) groups is 1. The van der Waals surface area contributed by atoms with Gasteiger partial charge in [0.05, 0.1) is 6.54 Å². The van der Waals surface area contributed by atoms with Gasteiger partial charge in [0, 0.05) is 5.92 Å². The zero-order chi connectivity index (χ0) is 11.0. The summed E-state index contributed by atoms with van der Waals surface area (Å²) in [5.74, 6) is -0.312. The van der Waals surface area contributed by atoms with Crippen molar-refractivity contribution in [3.05, 3.63) is 25.3 Å². The summed E-state index contributed by atoms with van der Waals surface area (Å²) < 4.78 is 0. The Morgan fingerprint density at radius 3 is 2.20 bits per heavy atom. The van der Waals surface area contributed by atoms with Crippen LogP contribution in [0.5, 0.6) is 0 Å². The Hall–Kier alpha value is -0.800. The molecule has 0 aliphatic heterocycles. The number of rotatable bonds is 8. The lowest BCUT2D eigenvalue weighted by atomic mass is 10.0. The number of halogens is 1. The first kappa shape index (κ1) is 16.6. The molecule has 0 spiro atoms. The first-order chi connectivity index (χ1) is 6.61. The zero-order valence-electron chi connectivity index (χ0n) is 9.16. The van der Waals surface area contributed by atoms with Crippen LogP contribution in [0.1, 0.15) is 19.8 Å². The van der Waals surface area contributed by atoms with Gasteiger partial charge in [-0.2, -0.15) is 0 Å². The molecule has 0 fully saturated rings. The first-order valence-corrected chi connectivity index (χ1v) is 4.89. The van der Waals surface area contributed by atoms with Gasteiger partial charge in [0.2, 0.25) is 0 Å². The molecule has 88 valence electrons. The zero-order valence-corrected chi connectivity index (χ0v) is 9.91. The maximum Gasteiger partial charge on any atom is 0.362 e. The number of carboxylic acid groups (broad SMARTS) is 1. The second kappa shape index (κ2) is 9.74. The Bertz CT molecular complexity index is 197. The maximum absolute atomic E-state index is 10.6. The molecule has 0 radical (unpaired) electrons. The van der Waals surface area contributed by atoms with Crippen LogP contribution in [-0.4, -0.2) is 23.7 Å². The minimum Gasteiger partial charge on any atom is -1.00 e. The molecule has 0 heterocycles. The topological polar surface area (TPSA) is 53.9 Å². The molecule has 0 aromatic heterocycles. The lowest BCUT2D eigenvalue weighted by Gasteiger charge is -2.13. The van der Waals surface area contributed by atoms with E-state index in [9.17, 15) is 4.79 Å². The van der Waals surface area contributed by atoms with E-state index in [1.165, 1.54) is 0 Å². The minimum atomic E-state index is -0.763. The van der Waals surface area contributed by atoms with E-state index in [0.717, 1.165) is 19.4 Å². The molecular formula is C11H20ClNO2. The summed E-state index contributed by atoms with van der Waals surface area (Å²) in [4.78, 5) is 10.6. The Morgan fingerprint density at radius 2 is 1.87 bits per heavy atom. The van der Waals surface area contributed by atoms with E-state index >= 15 is 0 Å². The standard InChI is InChI=1S/C11H19NO2.ClH/c1-4-6-10(7-5-2)8-12-9(3)11(13)14;/h4-5,9-10,12H,1-2,6-8H2,3H3,(H,13,14);1H. The van der Waals surface area contributed by atoms with Gasteiger partial charge in [0.1, 0.15) is 0 Å². The summed E-state index contributed by atoms with van der Waals surface area (Å²) in [6, 6.07) is -0.368. The van der Waals surface area contributed by atoms with E-state index in [1.54, 1.807) is 6.92 Å². The van der Waals surface area contributed by atoms with Crippen molar-refractivity contribution in [2.75, 3.05) is 6.54 Å². The van der Waals surface area contributed by atoms with Crippen LogP contribution in [0, 0.1) is 5.92 Å². The molecule has 0 aliphatic carbocycles. The van der Waals surface area contributed by atoms with E-state index in [4.69, 9.17) is 5.11 Å². The van der Waals surface area contributed by atoms with Crippen molar-refractivity contribution in [1.29, 1.82) is 0 Å². The highest BCUT2D eigenvalue weighted by molar-refractivity contribution is 5.70. The number of carboxylic acids is 1. The van der Waals surface area contributed by atoms with E-state index < -0.39 is 5.97 Å². The highest BCUT2D eigenvalue weighted by Gasteiger charge is 2.16. The molecular weight excluding hydrogens is 214 g/mol. The largest absolute Gasteiger partial charge is 1.00 e. The summed E-state index contributed by atoms with van der Waals surface area (Å²) in [6.07, 6.45) is 5.56. The average Bonchev–Trinajstić information content (AvgIpc) is 2.14. The summed E-state index contributed by atoms with van der Waals surface area (Å²) in [7, 11) is 0. The van der Waals surface area contributed by atoms with Crippen molar-refractivity contribution in [1.82, 2.24) is 0 Å². The summed E-state index contributed by atoms with van der Waals surface area (Å²) in [5.41, 5.74) is 0. The van der Waals surface area contributed by atoms with Crippen LogP contribution in [0.3, 0.4) is 0 Å². The van der Waals surface area contributed by atoms with Crippen molar-refractivity contribution in [3.63, 3.8) is 0 Å². The molecule has 0 amide bonds. The predicted octanol–water partition coefficient (Wildman–Crippen LogP) is -2.20. The Labute approximate surface area is 97.7 Å². The summed E-state index contributed by atoms with van der Waals surface area (Å²) in [5, 5.41) is 10.5. The highest BCUT2D eigenvalue weighted by Crippen LogP contribution is 2.06. The molecule has 0 aliphatic rings. The number of hydrogen-bond acceptors (Lipinski definition) is 1. The minimum absolute atomic E-state index is 0. The average molecular weight is 234 g/mol. The number of hydrogen-bond donors (Lipinski definition) is 2. The van der Waals surface area contributed by atoms with Gasteiger partial charge in [-0.15, -0.1) is 13.2 Å². The van der Waals surface area contributed by atoms with E-state index in [0.29, 0.717) is 5.92 Å². The van der Waals surface area contributed by atoms with E-state index in [2.05, 4.69) is 13.2 Å². The quantitative estimate of drug-likeness (QED) is 0.468. The number of nitrogens with two attached hydrogens (primary N) is 1. The Morgan fingerprint density at radius 1 is 1.40 bits per heavy atom. The molecule has 0 saturated carbocycles. The highest BCUT2D eigenvalue weighted by atomic mass is 35.5. The third-order valence-electron chi connectivity index (χ3n) is 2.21. The molecule has 4 heteroatoms. The van der Waals surface area contributed by atoms with Crippen LogP contribution >= 0.6 is 0 Å². The van der Waals surface area contributed by atoms with Gasteiger partial charge in [0.15, 0.2) is 6.04 Å².